The fraction of sp³-hybridized carbons (Fsp3) is 0.0833. The highest BCUT2D eigenvalue weighted by Crippen LogP contribution is 2.27. The molecule has 0 unspecified atom stereocenters. The lowest BCUT2D eigenvalue weighted by atomic mass is 10.0. The van der Waals surface area contributed by atoms with E-state index in [0.717, 1.165) is 27.8 Å². The van der Waals surface area contributed by atoms with Gasteiger partial charge in [-0.15, -0.1) is 0 Å². The van der Waals surface area contributed by atoms with Gasteiger partial charge in [-0.1, -0.05) is 12.1 Å². The van der Waals surface area contributed by atoms with E-state index in [9.17, 15) is 0 Å². The van der Waals surface area contributed by atoms with Crippen LogP contribution in [0.25, 0.3) is 17.0 Å². The predicted molar refractivity (Wildman–Crippen MR) is 56.3 cm³/mol. The van der Waals surface area contributed by atoms with E-state index in [1.807, 2.05) is 31.3 Å². The zero-order valence-corrected chi connectivity index (χ0v) is 7.74. The van der Waals surface area contributed by atoms with Gasteiger partial charge in [-0.3, -0.25) is 4.99 Å². The topological polar surface area (TPSA) is 25.5 Å². The van der Waals surface area contributed by atoms with E-state index in [2.05, 4.69) is 17.3 Å². The van der Waals surface area contributed by atoms with E-state index in [-0.39, 0.29) is 0 Å². The summed E-state index contributed by atoms with van der Waals surface area (Å²) in [6, 6.07) is 5.98. The maximum atomic E-state index is 5.35. The Balaban J connectivity index is 2.53. The number of aliphatic imine (C=N–C) groups is 1. The molecule has 3 rings (SSSR count). The first-order valence-corrected chi connectivity index (χ1v) is 4.51. The molecule has 1 aliphatic heterocycles. The molecule has 0 N–H and O–H groups in total. The number of rotatable bonds is 0. The molecule has 2 aromatic rings. The smallest absolute Gasteiger partial charge is 0.180 e. The highest BCUT2D eigenvalue weighted by molar-refractivity contribution is 6.12. The van der Waals surface area contributed by atoms with Crippen LogP contribution in [0.4, 0.5) is 0 Å². The molecule has 67 valence electrons. The highest BCUT2D eigenvalue weighted by atomic mass is 16.3. The van der Waals surface area contributed by atoms with Gasteiger partial charge in [-0.05, 0) is 24.6 Å². The van der Waals surface area contributed by atoms with Crippen molar-refractivity contribution in [2.24, 2.45) is 4.99 Å². The SMILES string of the molecule is CC1=NC=Cc2cccc3o[c]c1c23. The van der Waals surface area contributed by atoms with Crippen LogP contribution < -0.4 is 0 Å². The van der Waals surface area contributed by atoms with Gasteiger partial charge in [0.05, 0.1) is 5.56 Å². The molecule has 1 radical (unpaired) electrons. The molecule has 0 amide bonds. The number of hydrogen-bond acceptors (Lipinski definition) is 2. The van der Waals surface area contributed by atoms with Gasteiger partial charge in [0.15, 0.2) is 6.26 Å². The van der Waals surface area contributed by atoms with Gasteiger partial charge in [0.25, 0.3) is 0 Å². The second kappa shape index (κ2) is 2.58. The first-order chi connectivity index (χ1) is 6.86. The maximum Gasteiger partial charge on any atom is 0.180 e. The van der Waals surface area contributed by atoms with Crippen molar-refractivity contribution < 1.29 is 4.42 Å². The minimum atomic E-state index is 0.874. The average molecular weight is 182 g/mol. The molecule has 0 aliphatic carbocycles. The van der Waals surface area contributed by atoms with Gasteiger partial charge in [0, 0.05) is 17.3 Å². The van der Waals surface area contributed by atoms with Crippen molar-refractivity contribution in [3.8, 4) is 0 Å². The van der Waals surface area contributed by atoms with Crippen molar-refractivity contribution >= 4 is 22.8 Å². The number of hydrogen-bond donors (Lipinski definition) is 0. The summed E-state index contributed by atoms with van der Waals surface area (Å²) in [6.07, 6.45) is 6.71. The Morgan fingerprint density at radius 2 is 2.29 bits per heavy atom. The summed E-state index contributed by atoms with van der Waals surface area (Å²) in [7, 11) is 0. The fourth-order valence-corrected chi connectivity index (χ4v) is 1.75. The first kappa shape index (κ1) is 7.56. The summed E-state index contributed by atoms with van der Waals surface area (Å²) in [6.45, 7) is 1.97. The molecule has 0 bridgehead atoms. The van der Waals surface area contributed by atoms with Gasteiger partial charge in [0.1, 0.15) is 5.58 Å². The van der Waals surface area contributed by atoms with Gasteiger partial charge in [-0.25, -0.2) is 0 Å². The first-order valence-electron chi connectivity index (χ1n) is 4.51. The van der Waals surface area contributed by atoms with Crippen LogP contribution in [-0.2, 0) is 0 Å². The molecule has 0 fully saturated rings. The van der Waals surface area contributed by atoms with Gasteiger partial charge in [0.2, 0.25) is 0 Å². The minimum absolute atomic E-state index is 0.874. The second-order valence-electron chi connectivity index (χ2n) is 3.33. The Labute approximate surface area is 81.6 Å². The summed E-state index contributed by atoms with van der Waals surface area (Å²) in [4.78, 5) is 4.28. The summed E-state index contributed by atoms with van der Waals surface area (Å²) in [5, 5.41) is 1.11. The monoisotopic (exact) mass is 182 g/mol. The Kier molecular flexibility index (Phi) is 1.39. The quantitative estimate of drug-likeness (QED) is 0.614. The molecule has 2 heterocycles. The summed E-state index contributed by atoms with van der Waals surface area (Å²) in [5.74, 6) is 0. The van der Waals surface area contributed by atoms with Crippen LogP contribution in [0.3, 0.4) is 0 Å². The lowest BCUT2D eigenvalue weighted by Crippen LogP contribution is -1.90. The van der Waals surface area contributed by atoms with Crippen molar-refractivity contribution in [1.82, 2.24) is 0 Å². The number of benzene rings is 1. The molecule has 14 heavy (non-hydrogen) atoms. The summed E-state index contributed by atoms with van der Waals surface area (Å²) in [5.41, 5.74) is 3.94. The van der Waals surface area contributed by atoms with Crippen LogP contribution in [0.15, 0.2) is 33.8 Å². The van der Waals surface area contributed by atoms with Crippen LogP contribution in [0.1, 0.15) is 18.1 Å². The van der Waals surface area contributed by atoms with Crippen LogP contribution >= 0.6 is 0 Å². The third-order valence-electron chi connectivity index (χ3n) is 2.46. The zero-order chi connectivity index (χ0) is 9.54. The highest BCUT2D eigenvalue weighted by Gasteiger charge is 2.13. The van der Waals surface area contributed by atoms with Crippen LogP contribution in [0.2, 0.25) is 0 Å². The molecule has 2 heteroatoms. The molecule has 2 nitrogen and oxygen atoms in total. The van der Waals surface area contributed by atoms with E-state index in [4.69, 9.17) is 4.42 Å². The third kappa shape index (κ3) is 0.880. The van der Waals surface area contributed by atoms with Crippen molar-refractivity contribution in [2.45, 2.75) is 6.92 Å². The summed E-state index contributed by atoms with van der Waals surface area (Å²) >= 11 is 0. The molecular weight excluding hydrogens is 174 g/mol. The Bertz CT molecular complexity index is 561. The molecule has 1 aromatic heterocycles. The van der Waals surface area contributed by atoms with Crippen LogP contribution in [-0.4, -0.2) is 5.71 Å². The van der Waals surface area contributed by atoms with Crippen molar-refractivity contribution in [3.63, 3.8) is 0 Å². The molecule has 0 saturated heterocycles. The van der Waals surface area contributed by atoms with Crippen molar-refractivity contribution in [2.75, 3.05) is 0 Å². The van der Waals surface area contributed by atoms with E-state index in [0.29, 0.717) is 0 Å². The van der Waals surface area contributed by atoms with Crippen LogP contribution in [0, 0.1) is 6.26 Å². The van der Waals surface area contributed by atoms with Crippen LogP contribution in [0.5, 0.6) is 0 Å². The predicted octanol–water partition coefficient (Wildman–Crippen LogP) is 3.03. The lowest BCUT2D eigenvalue weighted by Gasteiger charge is -1.95. The second-order valence-corrected chi connectivity index (χ2v) is 3.33. The maximum absolute atomic E-state index is 5.35. The average Bonchev–Trinajstić information content (AvgIpc) is 2.54. The van der Waals surface area contributed by atoms with E-state index in [1.165, 1.54) is 0 Å². The van der Waals surface area contributed by atoms with Gasteiger partial charge in [-0.2, -0.15) is 0 Å². The Hall–Kier alpha value is -1.83. The van der Waals surface area contributed by atoms with Crippen molar-refractivity contribution in [1.29, 1.82) is 0 Å². The molecule has 0 spiro atoms. The lowest BCUT2D eigenvalue weighted by molar-refractivity contribution is 0.605. The van der Waals surface area contributed by atoms with E-state index in [1.54, 1.807) is 0 Å². The van der Waals surface area contributed by atoms with Crippen molar-refractivity contribution in [3.05, 3.63) is 41.8 Å². The molecule has 0 atom stereocenters. The number of nitrogens with zero attached hydrogens (tertiary/aromatic N) is 1. The zero-order valence-electron chi connectivity index (χ0n) is 7.74. The Morgan fingerprint density at radius 3 is 3.21 bits per heavy atom. The Morgan fingerprint density at radius 1 is 1.36 bits per heavy atom. The largest absolute Gasteiger partial charge is 0.452 e. The molecule has 1 aromatic carbocycles. The molecule has 0 saturated carbocycles. The van der Waals surface area contributed by atoms with Gasteiger partial charge < -0.3 is 4.42 Å². The molecular formula is C12H8NO. The fourth-order valence-electron chi connectivity index (χ4n) is 1.75. The number of furan rings is 1. The van der Waals surface area contributed by atoms with E-state index < -0.39 is 0 Å². The standard InChI is InChI=1S/C12H8NO/c1-8-10-7-14-11-4-2-3-9(12(10)11)5-6-13-8/h2-6H,1H3. The normalized spacial score (nSPS) is 14.2. The third-order valence-corrected chi connectivity index (χ3v) is 2.46. The molecule has 1 aliphatic rings. The van der Waals surface area contributed by atoms with E-state index >= 15 is 0 Å². The van der Waals surface area contributed by atoms with Gasteiger partial charge >= 0.3 is 0 Å². The minimum Gasteiger partial charge on any atom is -0.452 e. The summed E-state index contributed by atoms with van der Waals surface area (Å²) < 4.78 is 5.35.